The molecule has 6 nitrogen and oxygen atoms in total. The Morgan fingerprint density at radius 3 is 2.42 bits per heavy atom. The molecule has 1 aliphatic rings. The van der Waals surface area contributed by atoms with Crippen LogP contribution in [0.15, 0.2) is 54.1 Å². The van der Waals surface area contributed by atoms with Gasteiger partial charge in [-0.3, -0.25) is 9.59 Å². The van der Waals surface area contributed by atoms with Gasteiger partial charge in [-0.15, -0.1) is 0 Å². The summed E-state index contributed by atoms with van der Waals surface area (Å²) in [6.45, 7) is 7.82. The van der Waals surface area contributed by atoms with E-state index in [0.29, 0.717) is 30.4 Å². The molecule has 0 radical (unpaired) electrons. The summed E-state index contributed by atoms with van der Waals surface area (Å²) < 4.78 is 5.55. The van der Waals surface area contributed by atoms with E-state index in [2.05, 4.69) is 13.8 Å². The second-order valence-electron chi connectivity index (χ2n) is 8.93. The Morgan fingerprint density at radius 1 is 1.12 bits per heavy atom. The monoisotopic (exact) mass is 450 g/mol. The second-order valence-corrected chi connectivity index (χ2v) is 8.93. The number of nitrogens with zero attached hydrogens (tertiary/aromatic N) is 2. The Balaban J connectivity index is 2.09. The van der Waals surface area contributed by atoms with Gasteiger partial charge in [0.25, 0.3) is 11.7 Å². The van der Waals surface area contributed by atoms with E-state index in [1.165, 1.54) is 5.56 Å². The fourth-order valence-corrected chi connectivity index (χ4v) is 4.13. The van der Waals surface area contributed by atoms with Gasteiger partial charge < -0.3 is 19.6 Å². The fourth-order valence-electron chi connectivity index (χ4n) is 4.13. The van der Waals surface area contributed by atoms with Gasteiger partial charge in [-0.1, -0.05) is 50.2 Å². The number of ketones is 1. The maximum atomic E-state index is 13.1. The molecule has 0 spiro atoms. The largest absolute Gasteiger partial charge is 0.507 e. The summed E-state index contributed by atoms with van der Waals surface area (Å²) >= 11 is 0. The van der Waals surface area contributed by atoms with Crippen molar-refractivity contribution in [1.82, 2.24) is 9.80 Å². The first-order chi connectivity index (χ1) is 15.7. The lowest BCUT2D eigenvalue weighted by atomic mass is 9.93. The van der Waals surface area contributed by atoms with Crippen molar-refractivity contribution < 1.29 is 19.4 Å². The van der Waals surface area contributed by atoms with Crippen molar-refractivity contribution >= 4 is 17.4 Å². The second kappa shape index (κ2) is 10.7. The molecule has 1 fully saturated rings. The van der Waals surface area contributed by atoms with Gasteiger partial charge in [0.2, 0.25) is 0 Å². The average Bonchev–Trinajstić information content (AvgIpc) is 3.04. The molecule has 0 saturated carbocycles. The van der Waals surface area contributed by atoms with Crippen LogP contribution in [0.3, 0.4) is 0 Å². The van der Waals surface area contributed by atoms with Crippen LogP contribution in [0.25, 0.3) is 5.76 Å². The maximum Gasteiger partial charge on any atom is 0.295 e. The van der Waals surface area contributed by atoms with Gasteiger partial charge in [0.1, 0.15) is 11.5 Å². The molecule has 1 aliphatic heterocycles. The molecule has 2 aromatic carbocycles. The van der Waals surface area contributed by atoms with Crippen LogP contribution in [0.2, 0.25) is 0 Å². The van der Waals surface area contributed by atoms with Crippen molar-refractivity contribution in [2.45, 2.75) is 39.2 Å². The molecule has 0 aliphatic carbocycles. The number of hydrogen-bond acceptors (Lipinski definition) is 5. The lowest BCUT2D eigenvalue weighted by molar-refractivity contribution is -0.139. The number of hydrogen-bond donors (Lipinski definition) is 1. The molecule has 1 amide bonds. The predicted octanol–water partition coefficient (Wildman–Crippen LogP) is 4.58. The van der Waals surface area contributed by atoms with Gasteiger partial charge in [-0.25, -0.2) is 0 Å². The van der Waals surface area contributed by atoms with Crippen LogP contribution >= 0.6 is 0 Å². The highest BCUT2D eigenvalue weighted by atomic mass is 16.5. The van der Waals surface area contributed by atoms with E-state index < -0.39 is 17.7 Å². The molecular weight excluding hydrogens is 416 g/mol. The molecule has 6 heteroatoms. The number of benzene rings is 2. The zero-order valence-corrected chi connectivity index (χ0v) is 20.2. The summed E-state index contributed by atoms with van der Waals surface area (Å²) in [6.07, 6.45) is 0.723. The van der Waals surface area contributed by atoms with Crippen molar-refractivity contribution in [2.24, 2.45) is 0 Å². The minimum Gasteiger partial charge on any atom is -0.507 e. The molecule has 1 N–H and O–H groups in total. The summed E-state index contributed by atoms with van der Waals surface area (Å²) in [6, 6.07) is 14.3. The standard InChI is InChI=1S/C27H34N2O4/c1-6-33-22-10-7-9-21(17-22)25(30)23-24(20-13-11-19(12-14-20)18(2)3)29(27(32)26(23)31)16-8-15-28(4)5/h7,9-14,17-18,24,30H,6,8,15-16H2,1-5H3/b25-23+. The number of amides is 1. The molecule has 1 heterocycles. The van der Waals surface area contributed by atoms with Crippen LogP contribution in [0, 0.1) is 0 Å². The molecule has 0 aromatic heterocycles. The van der Waals surface area contributed by atoms with Gasteiger partial charge >= 0.3 is 0 Å². The molecule has 0 bridgehead atoms. The summed E-state index contributed by atoms with van der Waals surface area (Å²) in [5.41, 5.74) is 2.56. The number of aliphatic hydroxyl groups excluding tert-OH is 1. The normalized spacial score (nSPS) is 17.9. The zero-order chi connectivity index (χ0) is 24.1. The van der Waals surface area contributed by atoms with Gasteiger partial charge in [0, 0.05) is 12.1 Å². The van der Waals surface area contributed by atoms with Crippen LogP contribution < -0.4 is 4.74 Å². The Hall–Kier alpha value is -3.12. The SMILES string of the molecule is CCOc1cccc(/C(O)=C2\C(=O)C(=O)N(CCCN(C)C)C2c2ccc(C(C)C)cc2)c1. The molecular formula is C27H34N2O4. The first-order valence-corrected chi connectivity index (χ1v) is 11.5. The van der Waals surface area contributed by atoms with E-state index >= 15 is 0 Å². The molecule has 1 atom stereocenters. The van der Waals surface area contributed by atoms with Crippen molar-refractivity contribution in [3.8, 4) is 5.75 Å². The predicted molar refractivity (Wildman–Crippen MR) is 130 cm³/mol. The van der Waals surface area contributed by atoms with E-state index in [1.807, 2.05) is 50.2 Å². The lowest BCUT2D eigenvalue weighted by Crippen LogP contribution is -2.32. The number of aliphatic hydroxyl groups is 1. The van der Waals surface area contributed by atoms with E-state index in [1.54, 1.807) is 29.2 Å². The smallest absolute Gasteiger partial charge is 0.295 e. The van der Waals surface area contributed by atoms with E-state index in [9.17, 15) is 14.7 Å². The number of carbonyl (C=O) groups is 2. The Labute approximate surface area is 196 Å². The van der Waals surface area contributed by atoms with E-state index in [-0.39, 0.29) is 11.3 Å². The van der Waals surface area contributed by atoms with Crippen LogP contribution in [0.4, 0.5) is 0 Å². The Bertz CT molecular complexity index is 1020. The number of rotatable bonds is 9. The highest BCUT2D eigenvalue weighted by molar-refractivity contribution is 6.46. The molecule has 1 unspecified atom stereocenters. The van der Waals surface area contributed by atoms with E-state index in [4.69, 9.17) is 4.74 Å². The molecule has 3 rings (SSSR count). The Morgan fingerprint density at radius 2 is 1.82 bits per heavy atom. The average molecular weight is 451 g/mol. The third-order valence-electron chi connectivity index (χ3n) is 5.88. The summed E-state index contributed by atoms with van der Waals surface area (Å²) in [5, 5.41) is 11.2. The van der Waals surface area contributed by atoms with Crippen molar-refractivity contribution in [1.29, 1.82) is 0 Å². The fraction of sp³-hybridized carbons (Fsp3) is 0.407. The number of likely N-dealkylation sites (tertiary alicyclic amines) is 1. The van der Waals surface area contributed by atoms with Gasteiger partial charge in [-0.2, -0.15) is 0 Å². The van der Waals surface area contributed by atoms with Crippen molar-refractivity contribution in [3.05, 3.63) is 70.8 Å². The molecule has 176 valence electrons. The van der Waals surface area contributed by atoms with Crippen LogP contribution in [0.5, 0.6) is 5.75 Å². The number of ether oxygens (including phenoxy) is 1. The molecule has 2 aromatic rings. The van der Waals surface area contributed by atoms with Crippen LogP contribution in [-0.4, -0.2) is 60.4 Å². The summed E-state index contributed by atoms with van der Waals surface area (Å²) in [7, 11) is 3.95. The van der Waals surface area contributed by atoms with Crippen LogP contribution in [-0.2, 0) is 9.59 Å². The lowest BCUT2D eigenvalue weighted by Gasteiger charge is -2.26. The van der Waals surface area contributed by atoms with Crippen LogP contribution in [0.1, 0.15) is 55.8 Å². The highest BCUT2D eigenvalue weighted by Gasteiger charge is 2.45. The topological polar surface area (TPSA) is 70.1 Å². The van der Waals surface area contributed by atoms with Crippen molar-refractivity contribution in [3.63, 3.8) is 0 Å². The third kappa shape index (κ3) is 5.45. The van der Waals surface area contributed by atoms with E-state index in [0.717, 1.165) is 18.5 Å². The summed E-state index contributed by atoms with van der Waals surface area (Å²) in [4.78, 5) is 29.8. The van der Waals surface area contributed by atoms with Gasteiger partial charge in [0.15, 0.2) is 0 Å². The highest BCUT2D eigenvalue weighted by Crippen LogP contribution is 2.40. The van der Waals surface area contributed by atoms with Gasteiger partial charge in [-0.05, 0) is 63.2 Å². The minimum absolute atomic E-state index is 0.121. The minimum atomic E-state index is -0.655. The number of carbonyl (C=O) groups excluding carboxylic acids is 2. The Kier molecular flexibility index (Phi) is 7.92. The first kappa shape index (κ1) is 24.5. The first-order valence-electron chi connectivity index (χ1n) is 11.5. The quantitative estimate of drug-likeness (QED) is 0.344. The summed E-state index contributed by atoms with van der Waals surface area (Å²) in [5.74, 6) is -0.444. The molecule has 33 heavy (non-hydrogen) atoms. The molecule has 1 saturated heterocycles. The van der Waals surface area contributed by atoms with Gasteiger partial charge in [0.05, 0.1) is 18.2 Å². The maximum absolute atomic E-state index is 13.1. The third-order valence-corrected chi connectivity index (χ3v) is 5.88. The van der Waals surface area contributed by atoms with Crippen molar-refractivity contribution in [2.75, 3.05) is 33.8 Å². The zero-order valence-electron chi connectivity index (χ0n) is 20.2. The number of Topliss-reactive ketones (excluding diaryl/α,β-unsaturated/α-hetero) is 1.